The highest BCUT2D eigenvalue weighted by Crippen LogP contribution is 2.38. The van der Waals surface area contributed by atoms with Crippen LogP contribution in [0.15, 0.2) is 22.7 Å². The normalized spacial score (nSPS) is 15.3. The second-order valence-electron chi connectivity index (χ2n) is 6.79. The summed E-state index contributed by atoms with van der Waals surface area (Å²) >= 11 is 6.18. The van der Waals surface area contributed by atoms with E-state index in [1.165, 1.54) is 19.3 Å². The molecule has 0 atom stereocenters. The van der Waals surface area contributed by atoms with Gasteiger partial charge in [-0.15, -0.1) is 0 Å². The summed E-state index contributed by atoms with van der Waals surface area (Å²) in [5.74, 6) is 1.61. The lowest BCUT2D eigenvalue weighted by Crippen LogP contribution is -2.13. The Hall–Kier alpha value is -1.81. The second-order valence-corrected chi connectivity index (χ2v) is 7.23. The topological polar surface area (TPSA) is 52.3 Å². The van der Waals surface area contributed by atoms with E-state index in [4.69, 9.17) is 20.9 Å². The van der Waals surface area contributed by atoms with Crippen LogP contribution in [0.5, 0.6) is 5.75 Å². The molecule has 25 heavy (non-hydrogen) atoms. The van der Waals surface area contributed by atoms with Gasteiger partial charge in [0.25, 0.3) is 0 Å². The molecule has 4 nitrogen and oxygen atoms in total. The fourth-order valence-corrected chi connectivity index (χ4v) is 3.78. The van der Waals surface area contributed by atoms with E-state index in [1.54, 1.807) is 6.07 Å². The Balaban J connectivity index is 1.68. The molecule has 1 aliphatic carbocycles. The summed E-state index contributed by atoms with van der Waals surface area (Å²) in [6.07, 6.45) is 6.85. The first-order chi connectivity index (χ1) is 12.0. The average Bonchev–Trinajstić information content (AvgIpc) is 2.93. The van der Waals surface area contributed by atoms with Crippen LogP contribution in [0.1, 0.15) is 67.0 Å². The largest absolute Gasteiger partial charge is 0.426 e. The zero-order valence-corrected chi connectivity index (χ0v) is 15.6. The molecule has 5 heteroatoms. The number of carbonyl (C=O) groups excluding carboxylic acids is 1. The van der Waals surface area contributed by atoms with Gasteiger partial charge >= 0.3 is 5.97 Å². The Morgan fingerprint density at radius 3 is 2.72 bits per heavy atom. The first kappa shape index (κ1) is 18.0. The summed E-state index contributed by atoms with van der Waals surface area (Å²) < 4.78 is 10.8. The zero-order valence-electron chi connectivity index (χ0n) is 14.8. The van der Waals surface area contributed by atoms with Crippen molar-refractivity contribution in [3.05, 3.63) is 45.8 Å². The predicted molar refractivity (Wildman–Crippen MR) is 97.2 cm³/mol. The van der Waals surface area contributed by atoms with Crippen molar-refractivity contribution in [1.29, 1.82) is 0 Å². The van der Waals surface area contributed by atoms with Gasteiger partial charge in [-0.25, -0.2) is 0 Å². The molecule has 0 amide bonds. The lowest BCUT2D eigenvalue weighted by Gasteiger charge is -2.24. The number of carbonyl (C=O) groups is 1. The van der Waals surface area contributed by atoms with E-state index >= 15 is 0 Å². The van der Waals surface area contributed by atoms with Crippen molar-refractivity contribution in [2.24, 2.45) is 0 Å². The predicted octanol–water partition coefficient (Wildman–Crippen LogP) is 5.53. The minimum atomic E-state index is -0.237. The van der Waals surface area contributed by atoms with Crippen molar-refractivity contribution in [2.75, 3.05) is 0 Å². The van der Waals surface area contributed by atoms with Gasteiger partial charge in [-0.1, -0.05) is 36.0 Å². The Bertz CT molecular complexity index is 728. The van der Waals surface area contributed by atoms with E-state index in [-0.39, 0.29) is 5.97 Å². The Morgan fingerprint density at radius 1 is 1.28 bits per heavy atom. The summed E-state index contributed by atoms with van der Waals surface area (Å²) in [5.41, 5.74) is 2.89. The number of hydrogen-bond acceptors (Lipinski definition) is 4. The van der Waals surface area contributed by atoms with Crippen molar-refractivity contribution in [3.8, 4) is 5.75 Å². The minimum absolute atomic E-state index is 0.237. The number of nitrogens with zero attached hydrogens (tertiary/aromatic N) is 1. The summed E-state index contributed by atoms with van der Waals surface area (Å²) in [6, 6.07) is 5.55. The highest BCUT2D eigenvalue weighted by atomic mass is 35.5. The number of aryl methyl sites for hydroxylation is 2. The molecule has 0 bridgehead atoms. The summed E-state index contributed by atoms with van der Waals surface area (Å²) in [6.45, 7) is 3.75. The smallest absolute Gasteiger partial charge is 0.311 e. The number of esters is 1. The molecule has 1 aliphatic rings. The molecule has 134 valence electrons. The average molecular weight is 362 g/mol. The van der Waals surface area contributed by atoms with E-state index in [0.717, 1.165) is 35.4 Å². The first-order valence-electron chi connectivity index (χ1n) is 8.96. The van der Waals surface area contributed by atoms with Gasteiger partial charge in [0.2, 0.25) is 0 Å². The first-order valence-corrected chi connectivity index (χ1v) is 9.34. The van der Waals surface area contributed by atoms with E-state index in [0.29, 0.717) is 29.5 Å². The van der Waals surface area contributed by atoms with Crippen LogP contribution in [0, 0.1) is 13.8 Å². The maximum absolute atomic E-state index is 12.3. The third-order valence-electron chi connectivity index (χ3n) is 5.00. The van der Waals surface area contributed by atoms with Gasteiger partial charge in [0.05, 0.1) is 12.1 Å². The molecule has 1 heterocycles. The van der Waals surface area contributed by atoms with E-state index in [2.05, 4.69) is 5.16 Å². The van der Waals surface area contributed by atoms with E-state index in [9.17, 15) is 4.79 Å². The highest BCUT2D eigenvalue weighted by Gasteiger charge is 2.21. The quantitative estimate of drug-likeness (QED) is 0.519. The molecule has 1 saturated carbocycles. The summed E-state index contributed by atoms with van der Waals surface area (Å²) in [5, 5.41) is 4.61. The molecule has 1 fully saturated rings. The number of ether oxygens (including phenoxy) is 1. The second kappa shape index (κ2) is 8.05. The number of rotatable bonds is 5. The van der Waals surface area contributed by atoms with Crippen LogP contribution in [0.4, 0.5) is 0 Å². The van der Waals surface area contributed by atoms with Crippen molar-refractivity contribution >= 4 is 17.6 Å². The van der Waals surface area contributed by atoms with Crippen LogP contribution in [-0.4, -0.2) is 11.1 Å². The van der Waals surface area contributed by atoms with Crippen LogP contribution in [0.2, 0.25) is 5.02 Å². The molecule has 1 aromatic heterocycles. The molecule has 1 aromatic carbocycles. The highest BCUT2D eigenvalue weighted by molar-refractivity contribution is 6.30. The van der Waals surface area contributed by atoms with Crippen molar-refractivity contribution in [3.63, 3.8) is 0 Å². The van der Waals surface area contributed by atoms with Gasteiger partial charge in [0, 0.05) is 10.6 Å². The monoisotopic (exact) mass is 361 g/mol. The van der Waals surface area contributed by atoms with Crippen LogP contribution in [0.3, 0.4) is 0 Å². The summed E-state index contributed by atoms with van der Waals surface area (Å²) in [4.78, 5) is 12.3. The van der Waals surface area contributed by atoms with E-state index in [1.807, 2.05) is 26.0 Å². The fourth-order valence-electron chi connectivity index (χ4n) is 3.60. The third kappa shape index (κ3) is 4.43. The molecule has 0 radical (unpaired) electrons. The molecule has 0 aliphatic heterocycles. The van der Waals surface area contributed by atoms with Gasteiger partial charge in [0.1, 0.15) is 11.5 Å². The van der Waals surface area contributed by atoms with E-state index < -0.39 is 0 Å². The molecule has 0 saturated heterocycles. The molecule has 0 N–H and O–H groups in total. The number of hydrogen-bond donors (Lipinski definition) is 0. The van der Waals surface area contributed by atoms with Crippen LogP contribution in [-0.2, 0) is 11.2 Å². The van der Waals surface area contributed by atoms with Gasteiger partial charge in [-0.3, -0.25) is 4.79 Å². The van der Waals surface area contributed by atoms with Crippen molar-refractivity contribution in [1.82, 2.24) is 5.16 Å². The van der Waals surface area contributed by atoms with Crippen LogP contribution < -0.4 is 4.74 Å². The van der Waals surface area contributed by atoms with Crippen LogP contribution in [0.25, 0.3) is 0 Å². The Morgan fingerprint density at radius 2 is 2.04 bits per heavy atom. The minimum Gasteiger partial charge on any atom is -0.426 e. The molecule has 0 spiro atoms. The Labute approximate surface area is 153 Å². The molecule has 0 unspecified atom stereocenters. The fraction of sp³-hybridized carbons (Fsp3) is 0.500. The van der Waals surface area contributed by atoms with Crippen molar-refractivity contribution < 1.29 is 14.1 Å². The molecule has 3 rings (SSSR count). The standard InChI is InChI=1S/C20H24ClNO3/c1-13-17(14(2)25-22-13)9-11-20(23)24-19-10-8-16(21)12-18(19)15-6-4-3-5-7-15/h8,10,12,15H,3-7,9,11H2,1-2H3. The third-order valence-corrected chi connectivity index (χ3v) is 5.24. The summed E-state index contributed by atoms with van der Waals surface area (Å²) in [7, 11) is 0. The molecular weight excluding hydrogens is 338 g/mol. The molecular formula is C20H24ClNO3. The van der Waals surface area contributed by atoms with Gasteiger partial charge in [-0.05, 0) is 62.8 Å². The van der Waals surface area contributed by atoms with Gasteiger partial charge < -0.3 is 9.26 Å². The Kier molecular flexibility index (Phi) is 5.79. The maximum Gasteiger partial charge on any atom is 0.311 e. The SMILES string of the molecule is Cc1noc(C)c1CCC(=O)Oc1ccc(Cl)cc1C1CCCCC1. The maximum atomic E-state index is 12.3. The lowest BCUT2D eigenvalue weighted by atomic mass is 9.84. The lowest BCUT2D eigenvalue weighted by molar-refractivity contribution is -0.134. The number of halogens is 1. The molecule has 2 aromatic rings. The number of benzene rings is 1. The number of aromatic nitrogens is 1. The van der Waals surface area contributed by atoms with Crippen LogP contribution >= 0.6 is 11.6 Å². The van der Waals surface area contributed by atoms with Gasteiger partial charge in [-0.2, -0.15) is 0 Å². The van der Waals surface area contributed by atoms with Gasteiger partial charge in [0.15, 0.2) is 0 Å². The zero-order chi connectivity index (χ0) is 17.8. The van der Waals surface area contributed by atoms with Crippen molar-refractivity contribution in [2.45, 2.75) is 64.7 Å².